The molecule has 0 aliphatic carbocycles. The Labute approximate surface area is 130 Å². The highest BCUT2D eigenvalue weighted by Crippen LogP contribution is 2.25. The second-order valence-electron chi connectivity index (χ2n) is 4.25. The molecule has 1 aromatic carbocycles. The second-order valence-corrected chi connectivity index (χ2v) is 5.07. The fourth-order valence-corrected chi connectivity index (χ4v) is 2.01. The van der Waals surface area contributed by atoms with Gasteiger partial charge in [-0.1, -0.05) is 23.2 Å². The van der Waals surface area contributed by atoms with Gasteiger partial charge in [0.25, 0.3) is 0 Å². The van der Waals surface area contributed by atoms with E-state index in [0.717, 1.165) is 0 Å². The Morgan fingerprint density at radius 2 is 1.86 bits per heavy atom. The number of aromatic amines is 1. The van der Waals surface area contributed by atoms with E-state index in [1.165, 1.54) is 12.1 Å². The highest BCUT2D eigenvalue weighted by molar-refractivity contribution is 6.42. The molecule has 0 saturated heterocycles. The molecule has 110 valence electrons. The number of amides is 2. The molecule has 1 aromatic heterocycles. The largest absolute Gasteiger partial charge is 0.477 e. The number of aryl methyl sites for hydroxylation is 1. The summed E-state index contributed by atoms with van der Waals surface area (Å²) in [6, 6.07) is 5.55. The van der Waals surface area contributed by atoms with Crippen LogP contribution in [0.5, 0.6) is 0 Å². The maximum Gasteiger partial charge on any atom is 0.354 e. The molecule has 21 heavy (non-hydrogen) atoms. The molecule has 2 rings (SSSR count). The predicted molar refractivity (Wildman–Crippen MR) is 81.6 cm³/mol. The first-order valence-corrected chi connectivity index (χ1v) is 6.58. The number of nitrogens with one attached hydrogen (secondary N) is 3. The standard InChI is InChI=1S/C13H11Cl2N3O3/c1-6-4-10(11(16-6)12(19)20)18-13(21)17-7-2-3-8(14)9(15)5-7/h2-5,16H,1H3,(H,19,20)(H2,17,18,21). The normalized spacial score (nSPS) is 10.2. The van der Waals surface area contributed by atoms with E-state index in [1.54, 1.807) is 19.1 Å². The number of anilines is 2. The van der Waals surface area contributed by atoms with E-state index in [9.17, 15) is 9.59 Å². The number of hydrogen-bond acceptors (Lipinski definition) is 2. The summed E-state index contributed by atoms with van der Waals surface area (Å²) in [7, 11) is 0. The van der Waals surface area contributed by atoms with Crippen LogP contribution in [0.1, 0.15) is 16.2 Å². The van der Waals surface area contributed by atoms with Crippen molar-refractivity contribution in [2.24, 2.45) is 0 Å². The van der Waals surface area contributed by atoms with Gasteiger partial charge in [-0.3, -0.25) is 0 Å². The topological polar surface area (TPSA) is 94.2 Å². The Bertz CT molecular complexity index is 713. The SMILES string of the molecule is Cc1cc(NC(=O)Nc2ccc(Cl)c(Cl)c2)c(C(=O)O)[nH]1. The average molecular weight is 328 g/mol. The summed E-state index contributed by atoms with van der Waals surface area (Å²) in [5.41, 5.74) is 1.15. The Morgan fingerprint density at radius 1 is 1.14 bits per heavy atom. The van der Waals surface area contributed by atoms with E-state index in [1.807, 2.05) is 0 Å². The molecule has 0 atom stereocenters. The average Bonchev–Trinajstić information content (AvgIpc) is 2.75. The second kappa shape index (κ2) is 6.07. The number of carbonyl (C=O) groups is 2. The van der Waals surface area contributed by atoms with E-state index in [0.29, 0.717) is 21.4 Å². The lowest BCUT2D eigenvalue weighted by Crippen LogP contribution is -2.20. The van der Waals surface area contributed by atoms with Crippen molar-refractivity contribution < 1.29 is 14.7 Å². The first-order valence-electron chi connectivity index (χ1n) is 5.83. The van der Waals surface area contributed by atoms with Gasteiger partial charge in [0, 0.05) is 11.4 Å². The fraction of sp³-hybridized carbons (Fsp3) is 0.0769. The number of carboxylic acid groups (broad SMARTS) is 1. The monoisotopic (exact) mass is 327 g/mol. The minimum Gasteiger partial charge on any atom is -0.477 e. The zero-order valence-corrected chi connectivity index (χ0v) is 12.3. The molecule has 6 nitrogen and oxygen atoms in total. The highest BCUT2D eigenvalue weighted by atomic mass is 35.5. The summed E-state index contributed by atoms with van der Waals surface area (Å²) in [4.78, 5) is 25.5. The van der Waals surface area contributed by atoms with E-state index < -0.39 is 12.0 Å². The van der Waals surface area contributed by atoms with Gasteiger partial charge in [0.2, 0.25) is 0 Å². The molecule has 0 aliphatic heterocycles. The van der Waals surface area contributed by atoms with Gasteiger partial charge in [-0.15, -0.1) is 0 Å². The molecule has 0 fully saturated rings. The van der Waals surface area contributed by atoms with Crippen LogP contribution in [-0.2, 0) is 0 Å². The molecule has 2 amide bonds. The molecular formula is C13H11Cl2N3O3. The third-order valence-corrected chi connectivity index (χ3v) is 3.33. The predicted octanol–water partition coefficient (Wildman–Crippen LogP) is 3.97. The molecule has 8 heteroatoms. The number of aromatic nitrogens is 1. The molecule has 1 heterocycles. The molecule has 0 aliphatic rings. The number of aromatic carboxylic acids is 1. The van der Waals surface area contributed by atoms with Crippen molar-refractivity contribution in [2.75, 3.05) is 10.6 Å². The van der Waals surface area contributed by atoms with Crippen LogP contribution >= 0.6 is 23.2 Å². The minimum atomic E-state index is -1.16. The van der Waals surface area contributed by atoms with Crippen LogP contribution < -0.4 is 10.6 Å². The molecule has 0 bridgehead atoms. The van der Waals surface area contributed by atoms with Gasteiger partial charge in [-0.05, 0) is 31.2 Å². The zero-order chi connectivity index (χ0) is 15.6. The number of benzene rings is 1. The van der Waals surface area contributed by atoms with Crippen molar-refractivity contribution >= 4 is 46.6 Å². The van der Waals surface area contributed by atoms with Crippen molar-refractivity contribution in [3.05, 3.63) is 45.7 Å². The van der Waals surface area contributed by atoms with Crippen LogP contribution in [0.2, 0.25) is 10.0 Å². The molecular weight excluding hydrogens is 317 g/mol. The van der Waals surface area contributed by atoms with E-state index in [2.05, 4.69) is 15.6 Å². The van der Waals surface area contributed by atoms with Gasteiger partial charge in [0.1, 0.15) is 5.69 Å². The number of hydrogen-bond donors (Lipinski definition) is 4. The summed E-state index contributed by atoms with van der Waals surface area (Å²) in [5, 5.41) is 14.7. The van der Waals surface area contributed by atoms with Crippen molar-refractivity contribution in [3.63, 3.8) is 0 Å². The first kappa shape index (κ1) is 15.2. The summed E-state index contributed by atoms with van der Waals surface area (Å²) < 4.78 is 0. The molecule has 0 saturated carbocycles. The van der Waals surface area contributed by atoms with E-state index >= 15 is 0 Å². The maximum atomic E-state index is 11.9. The van der Waals surface area contributed by atoms with Gasteiger partial charge >= 0.3 is 12.0 Å². The minimum absolute atomic E-state index is 0.0863. The summed E-state index contributed by atoms with van der Waals surface area (Å²) in [5.74, 6) is -1.16. The molecule has 4 N–H and O–H groups in total. The lowest BCUT2D eigenvalue weighted by Gasteiger charge is -2.08. The summed E-state index contributed by atoms with van der Waals surface area (Å²) in [6.07, 6.45) is 0. The quantitative estimate of drug-likeness (QED) is 0.686. The third kappa shape index (κ3) is 3.68. The van der Waals surface area contributed by atoms with Crippen molar-refractivity contribution in [1.29, 1.82) is 0 Å². The number of carbonyl (C=O) groups excluding carboxylic acids is 1. The van der Waals surface area contributed by atoms with Crippen LogP contribution in [0.15, 0.2) is 24.3 Å². The highest BCUT2D eigenvalue weighted by Gasteiger charge is 2.15. The molecule has 0 unspecified atom stereocenters. The Hall–Kier alpha value is -2.18. The number of urea groups is 1. The van der Waals surface area contributed by atoms with Crippen molar-refractivity contribution in [2.45, 2.75) is 6.92 Å². The van der Waals surface area contributed by atoms with Crippen LogP contribution in [0.3, 0.4) is 0 Å². The van der Waals surface area contributed by atoms with Crippen LogP contribution in [-0.4, -0.2) is 22.1 Å². The van der Waals surface area contributed by atoms with Crippen LogP contribution in [0.25, 0.3) is 0 Å². The van der Waals surface area contributed by atoms with Gasteiger partial charge < -0.3 is 20.7 Å². The number of carboxylic acids is 1. The van der Waals surface area contributed by atoms with Gasteiger partial charge in [0.15, 0.2) is 0 Å². The summed E-state index contributed by atoms with van der Waals surface area (Å²) in [6.45, 7) is 1.69. The Morgan fingerprint density at radius 3 is 2.48 bits per heavy atom. The lowest BCUT2D eigenvalue weighted by molar-refractivity contribution is 0.0692. The maximum absolute atomic E-state index is 11.9. The van der Waals surface area contributed by atoms with Crippen LogP contribution in [0.4, 0.5) is 16.2 Å². The molecule has 0 spiro atoms. The zero-order valence-electron chi connectivity index (χ0n) is 10.8. The summed E-state index contributed by atoms with van der Waals surface area (Å²) >= 11 is 11.6. The lowest BCUT2D eigenvalue weighted by atomic mass is 10.3. The number of rotatable bonds is 3. The van der Waals surface area contributed by atoms with Crippen molar-refractivity contribution in [3.8, 4) is 0 Å². The number of H-pyrrole nitrogens is 1. The van der Waals surface area contributed by atoms with Crippen LogP contribution in [0, 0.1) is 6.92 Å². The smallest absolute Gasteiger partial charge is 0.354 e. The van der Waals surface area contributed by atoms with Gasteiger partial charge in [-0.25, -0.2) is 9.59 Å². The third-order valence-electron chi connectivity index (χ3n) is 2.59. The number of halogens is 2. The first-order chi connectivity index (χ1) is 9.86. The fourth-order valence-electron chi connectivity index (χ4n) is 1.72. The van der Waals surface area contributed by atoms with Gasteiger partial charge in [0.05, 0.1) is 15.7 Å². The van der Waals surface area contributed by atoms with E-state index in [-0.39, 0.29) is 11.4 Å². The Balaban J connectivity index is 2.11. The van der Waals surface area contributed by atoms with Gasteiger partial charge in [-0.2, -0.15) is 0 Å². The van der Waals surface area contributed by atoms with Crippen molar-refractivity contribution in [1.82, 2.24) is 4.98 Å². The molecule has 2 aromatic rings. The Kier molecular flexibility index (Phi) is 4.40. The molecule has 0 radical (unpaired) electrons. The van der Waals surface area contributed by atoms with E-state index in [4.69, 9.17) is 28.3 Å².